The van der Waals surface area contributed by atoms with Gasteiger partial charge in [0.1, 0.15) is 5.75 Å². The first-order chi connectivity index (χ1) is 13.1. The van der Waals surface area contributed by atoms with E-state index in [4.69, 9.17) is 4.74 Å². The second kappa shape index (κ2) is 9.19. The first-order valence-electron chi connectivity index (χ1n) is 8.47. The van der Waals surface area contributed by atoms with Crippen LogP contribution in [-0.4, -0.2) is 22.6 Å². The van der Waals surface area contributed by atoms with Gasteiger partial charge in [-0.3, -0.25) is 4.79 Å². The van der Waals surface area contributed by atoms with Crippen molar-refractivity contribution in [2.24, 2.45) is 0 Å². The zero-order valence-electron chi connectivity index (χ0n) is 14.9. The summed E-state index contributed by atoms with van der Waals surface area (Å²) in [4.78, 5) is 16.1. The van der Waals surface area contributed by atoms with Gasteiger partial charge in [0, 0.05) is 41.6 Å². The molecule has 1 N–H and O–H groups in total. The predicted octanol–water partition coefficient (Wildman–Crippen LogP) is 4.03. The minimum absolute atomic E-state index is 0.153. The SMILES string of the molecule is COc1ccc(Br)cc1/C=C/C(=O)NCc1ccc(Cn2ccnc2)cc1. The van der Waals surface area contributed by atoms with E-state index >= 15 is 0 Å². The number of imidazole rings is 1. The molecule has 6 heteroatoms. The normalized spacial score (nSPS) is 10.9. The summed E-state index contributed by atoms with van der Waals surface area (Å²) in [7, 11) is 1.61. The first-order valence-corrected chi connectivity index (χ1v) is 9.26. The van der Waals surface area contributed by atoms with E-state index in [-0.39, 0.29) is 5.91 Å². The maximum Gasteiger partial charge on any atom is 0.244 e. The molecule has 1 aromatic heterocycles. The fourth-order valence-corrected chi connectivity index (χ4v) is 2.98. The van der Waals surface area contributed by atoms with Gasteiger partial charge < -0.3 is 14.6 Å². The molecule has 0 saturated carbocycles. The average molecular weight is 426 g/mol. The van der Waals surface area contributed by atoms with Crippen LogP contribution in [0.1, 0.15) is 16.7 Å². The molecular formula is C21H20BrN3O2. The molecule has 0 aliphatic heterocycles. The van der Waals surface area contributed by atoms with Gasteiger partial charge in [-0.25, -0.2) is 4.98 Å². The molecule has 1 heterocycles. The Hall–Kier alpha value is -2.86. The highest BCUT2D eigenvalue weighted by Crippen LogP contribution is 2.24. The number of halogens is 1. The van der Waals surface area contributed by atoms with Gasteiger partial charge in [-0.1, -0.05) is 40.2 Å². The van der Waals surface area contributed by atoms with Crippen LogP contribution < -0.4 is 10.1 Å². The lowest BCUT2D eigenvalue weighted by atomic mass is 10.1. The summed E-state index contributed by atoms with van der Waals surface area (Å²) in [6, 6.07) is 13.8. The number of rotatable bonds is 7. The number of aromatic nitrogens is 2. The number of carbonyl (C=O) groups is 1. The van der Waals surface area contributed by atoms with Crippen molar-refractivity contribution in [1.29, 1.82) is 0 Å². The third kappa shape index (κ3) is 5.56. The molecule has 1 amide bonds. The van der Waals surface area contributed by atoms with Crippen LogP contribution in [0.25, 0.3) is 6.08 Å². The van der Waals surface area contributed by atoms with Crippen molar-refractivity contribution in [3.8, 4) is 5.75 Å². The fourth-order valence-electron chi connectivity index (χ4n) is 2.60. The van der Waals surface area contributed by atoms with Gasteiger partial charge in [0.2, 0.25) is 5.91 Å². The molecule has 0 aliphatic carbocycles. The molecule has 0 unspecified atom stereocenters. The number of carbonyl (C=O) groups excluding carboxylic acids is 1. The molecule has 3 aromatic rings. The van der Waals surface area contributed by atoms with Gasteiger partial charge in [0.05, 0.1) is 13.4 Å². The van der Waals surface area contributed by atoms with Crippen molar-refractivity contribution in [3.63, 3.8) is 0 Å². The third-order valence-electron chi connectivity index (χ3n) is 4.02. The smallest absolute Gasteiger partial charge is 0.244 e. The Kier molecular flexibility index (Phi) is 6.44. The monoisotopic (exact) mass is 425 g/mol. The van der Waals surface area contributed by atoms with E-state index in [9.17, 15) is 4.79 Å². The molecule has 2 aromatic carbocycles. The second-order valence-corrected chi connectivity index (χ2v) is 6.90. The number of benzene rings is 2. The number of hydrogen-bond donors (Lipinski definition) is 1. The van der Waals surface area contributed by atoms with Gasteiger partial charge in [0.15, 0.2) is 0 Å². The van der Waals surface area contributed by atoms with E-state index in [0.29, 0.717) is 6.54 Å². The molecule has 0 bridgehead atoms. The van der Waals surface area contributed by atoms with E-state index < -0.39 is 0 Å². The van der Waals surface area contributed by atoms with Gasteiger partial charge in [-0.15, -0.1) is 0 Å². The number of amides is 1. The summed E-state index contributed by atoms with van der Waals surface area (Å²) in [5.41, 5.74) is 3.07. The molecule has 3 rings (SSSR count). The number of nitrogens with zero attached hydrogens (tertiary/aromatic N) is 2. The Morgan fingerprint density at radius 1 is 1.22 bits per heavy atom. The first kappa shape index (κ1) is 18.9. The minimum atomic E-state index is -0.153. The molecular weight excluding hydrogens is 406 g/mol. The zero-order chi connectivity index (χ0) is 19.1. The van der Waals surface area contributed by atoms with Crippen molar-refractivity contribution in [1.82, 2.24) is 14.9 Å². The lowest BCUT2D eigenvalue weighted by Crippen LogP contribution is -2.20. The summed E-state index contributed by atoms with van der Waals surface area (Å²) >= 11 is 3.42. The van der Waals surface area contributed by atoms with Gasteiger partial charge in [-0.2, -0.15) is 0 Å². The number of ether oxygens (including phenoxy) is 1. The van der Waals surface area contributed by atoms with E-state index in [0.717, 1.165) is 27.9 Å². The number of hydrogen-bond acceptors (Lipinski definition) is 3. The van der Waals surface area contributed by atoms with Crippen molar-refractivity contribution < 1.29 is 9.53 Å². The van der Waals surface area contributed by atoms with Crippen LogP contribution >= 0.6 is 15.9 Å². The lowest BCUT2D eigenvalue weighted by Gasteiger charge is -2.06. The van der Waals surface area contributed by atoms with Crippen LogP contribution in [0.5, 0.6) is 5.75 Å². The Labute approximate surface area is 166 Å². The van der Waals surface area contributed by atoms with Crippen molar-refractivity contribution in [2.45, 2.75) is 13.1 Å². The second-order valence-electron chi connectivity index (χ2n) is 5.99. The van der Waals surface area contributed by atoms with Crippen molar-refractivity contribution in [3.05, 3.63) is 88.4 Å². The van der Waals surface area contributed by atoms with Crippen LogP contribution in [0.15, 0.2) is 71.7 Å². The van der Waals surface area contributed by atoms with Gasteiger partial charge >= 0.3 is 0 Å². The number of methoxy groups -OCH3 is 1. The Bertz CT molecular complexity index is 919. The fraction of sp³-hybridized carbons (Fsp3) is 0.143. The van der Waals surface area contributed by atoms with E-state index in [2.05, 4.69) is 38.4 Å². The summed E-state index contributed by atoms with van der Waals surface area (Å²) < 4.78 is 8.24. The largest absolute Gasteiger partial charge is 0.496 e. The molecule has 0 saturated heterocycles. The highest BCUT2D eigenvalue weighted by Gasteiger charge is 2.02. The standard InChI is InChI=1S/C21H20BrN3O2/c1-27-20-8-7-19(22)12-18(20)6-9-21(26)24-13-16-2-4-17(5-3-16)14-25-11-10-23-15-25/h2-12,15H,13-14H2,1H3,(H,24,26)/b9-6+. The lowest BCUT2D eigenvalue weighted by molar-refractivity contribution is -0.116. The highest BCUT2D eigenvalue weighted by atomic mass is 79.9. The van der Waals surface area contributed by atoms with Crippen molar-refractivity contribution >= 4 is 27.9 Å². The highest BCUT2D eigenvalue weighted by molar-refractivity contribution is 9.10. The van der Waals surface area contributed by atoms with E-state index in [1.54, 1.807) is 25.7 Å². The Morgan fingerprint density at radius 2 is 2.00 bits per heavy atom. The maximum atomic E-state index is 12.1. The van der Waals surface area contributed by atoms with E-state index in [1.165, 1.54) is 11.6 Å². The number of nitrogens with one attached hydrogen (secondary N) is 1. The quantitative estimate of drug-likeness (QED) is 0.581. The molecule has 0 radical (unpaired) electrons. The van der Waals surface area contributed by atoms with Crippen LogP contribution in [0, 0.1) is 0 Å². The topological polar surface area (TPSA) is 56.1 Å². The van der Waals surface area contributed by atoms with Crippen LogP contribution in [-0.2, 0) is 17.9 Å². The average Bonchev–Trinajstić information content (AvgIpc) is 3.19. The van der Waals surface area contributed by atoms with Gasteiger partial charge in [-0.05, 0) is 35.4 Å². The summed E-state index contributed by atoms with van der Waals surface area (Å²) in [5.74, 6) is 0.565. The molecule has 0 spiro atoms. The molecule has 0 aliphatic rings. The van der Waals surface area contributed by atoms with Crippen LogP contribution in [0.3, 0.4) is 0 Å². The zero-order valence-corrected chi connectivity index (χ0v) is 16.5. The Morgan fingerprint density at radius 3 is 2.70 bits per heavy atom. The van der Waals surface area contributed by atoms with Crippen LogP contribution in [0.4, 0.5) is 0 Å². The van der Waals surface area contributed by atoms with E-state index in [1.807, 2.05) is 41.1 Å². The minimum Gasteiger partial charge on any atom is -0.496 e. The summed E-state index contributed by atoms with van der Waals surface area (Å²) in [6.07, 6.45) is 8.74. The summed E-state index contributed by atoms with van der Waals surface area (Å²) in [6.45, 7) is 1.26. The maximum absolute atomic E-state index is 12.1. The van der Waals surface area contributed by atoms with Crippen LogP contribution in [0.2, 0.25) is 0 Å². The Balaban J connectivity index is 1.54. The third-order valence-corrected chi connectivity index (χ3v) is 4.51. The summed E-state index contributed by atoms with van der Waals surface area (Å²) in [5, 5.41) is 2.89. The molecule has 138 valence electrons. The van der Waals surface area contributed by atoms with Crippen molar-refractivity contribution in [2.75, 3.05) is 7.11 Å². The molecule has 0 fully saturated rings. The molecule has 0 atom stereocenters. The van der Waals surface area contributed by atoms with Gasteiger partial charge in [0.25, 0.3) is 0 Å². The molecule has 5 nitrogen and oxygen atoms in total. The molecule has 27 heavy (non-hydrogen) atoms. The predicted molar refractivity (Wildman–Crippen MR) is 109 cm³/mol.